The van der Waals surface area contributed by atoms with Crippen LogP contribution in [0.2, 0.25) is 0 Å². The van der Waals surface area contributed by atoms with Crippen molar-refractivity contribution in [1.29, 1.82) is 0 Å². The van der Waals surface area contributed by atoms with Crippen LogP contribution in [0.15, 0.2) is 17.1 Å². The van der Waals surface area contributed by atoms with Gasteiger partial charge in [0.15, 0.2) is 0 Å². The number of hydrogen-bond acceptors (Lipinski definition) is 2. The summed E-state index contributed by atoms with van der Waals surface area (Å²) in [7, 11) is 0. The first kappa shape index (κ1) is 15.4. The van der Waals surface area contributed by atoms with Crippen LogP contribution in [0.5, 0.6) is 0 Å². The summed E-state index contributed by atoms with van der Waals surface area (Å²) in [4.78, 5) is 27.7. The fourth-order valence-electron chi connectivity index (χ4n) is 2.31. The number of nitrogens with one attached hydrogen (secondary N) is 1. The molecule has 1 aromatic rings. The molecule has 0 saturated carbocycles. The van der Waals surface area contributed by atoms with Crippen molar-refractivity contribution in [2.45, 2.75) is 34.1 Å². The summed E-state index contributed by atoms with van der Waals surface area (Å²) in [6, 6.07) is 4.02. The molecule has 0 aliphatic carbocycles. The first-order chi connectivity index (χ1) is 9.88. The van der Waals surface area contributed by atoms with Gasteiger partial charge in [0, 0.05) is 12.5 Å². The highest BCUT2D eigenvalue weighted by molar-refractivity contribution is 5.86. The van der Waals surface area contributed by atoms with Crippen molar-refractivity contribution >= 4 is 17.9 Å². The average molecular weight is 286 g/mol. The highest BCUT2D eigenvalue weighted by Crippen LogP contribution is 2.10. The predicted octanol–water partition coefficient (Wildman–Crippen LogP) is 1.02. The van der Waals surface area contributed by atoms with E-state index in [4.69, 9.17) is 0 Å². The summed E-state index contributed by atoms with van der Waals surface area (Å²) in [5.41, 5.74) is 2.34. The van der Waals surface area contributed by atoms with Crippen LogP contribution < -0.4 is 15.9 Å². The maximum atomic E-state index is 12.1. The molecule has 1 aliphatic rings. The summed E-state index contributed by atoms with van der Waals surface area (Å²) in [5, 5.41) is 4.61. The van der Waals surface area contributed by atoms with Gasteiger partial charge in [-0.1, -0.05) is 19.9 Å². The average Bonchev–Trinajstić information content (AvgIpc) is 2.41. The minimum Gasteiger partial charge on any atom is -0.356 e. The Bertz CT molecular complexity index is 689. The van der Waals surface area contributed by atoms with Crippen molar-refractivity contribution in [2.24, 2.45) is 16.8 Å². The van der Waals surface area contributed by atoms with Crippen molar-refractivity contribution in [3.05, 3.63) is 33.8 Å². The van der Waals surface area contributed by atoms with Gasteiger partial charge in [0.2, 0.25) is 5.91 Å². The zero-order valence-corrected chi connectivity index (χ0v) is 13.1. The van der Waals surface area contributed by atoms with Gasteiger partial charge in [0.1, 0.15) is 0 Å². The Labute approximate surface area is 125 Å². The predicted molar refractivity (Wildman–Crippen MR) is 82.1 cm³/mol. The lowest BCUT2D eigenvalue weighted by Gasteiger charge is -2.14. The van der Waals surface area contributed by atoms with E-state index < -0.39 is 0 Å². The Hall–Kier alpha value is -1.97. The van der Waals surface area contributed by atoms with Crippen LogP contribution in [-0.2, 0) is 9.59 Å². The molecule has 0 aromatic heterocycles. The molecule has 1 aliphatic heterocycles. The SMILES string of the molecule is Cc1cc2c(cc1C)=NC(=O)C(CCNC(=O)C(C)C)C=2. The Kier molecular flexibility index (Phi) is 4.56. The second-order valence-corrected chi connectivity index (χ2v) is 5.95. The number of amides is 2. The van der Waals surface area contributed by atoms with E-state index in [1.54, 1.807) is 0 Å². The van der Waals surface area contributed by atoms with Crippen LogP contribution in [0.3, 0.4) is 0 Å². The van der Waals surface area contributed by atoms with Gasteiger partial charge >= 0.3 is 0 Å². The number of aryl methyl sites for hydroxylation is 2. The molecule has 0 spiro atoms. The normalized spacial score (nSPS) is 17.0. The van der Waals surface area contributed by atoms with E-state index in [1.165, 1.54) is 5.56 Å². The lowest BCUT2D eigenvalue weighted by atomic mass is 9.98. The molecule has 0 fully saturated rings. The van der Waals surface area contributed by atoms with E-state index in [-0.39, 0.29) is 23.7 Å². The molecule has 2 amide bonds. The molecule has 2 rings (SSSR count). The number of fused-ring (bicyclic) bond motifs is 1. The van der Waals surface area contributed by atoms with E-state index in [0.717, 1.165) is 16.1 Å². The van der Waals surface area contributed by atoms with E-state index in [2.05, 4.69) is 23.3 Å². The zero-order chi connectivity index (χ0) is 15.6. The Morgan fingerprint density at radius 1 is 1.29 bits per heavy atom. The third-order valence-corrected chi connectivity index (χ3v) is 3.85. The Morgan fingerprint density at radius 2 is 1.95 bits per heavy atom. The van der Waals surface area contributed by atoms with Crippen LogP contribution in [0.25, 0.3) is 6.08 Å². The first-order valence-corrected chi connectivity index (χ1v) is 7.38. The van der Waals surface area contributed by atoms with Crippen molar-refractivity contribution < 1.29 is 9.59 Å². The number of rotatable bonds is 4. The monoisotopic (exact) mass is 286 g/mol. The Morgan fingerprint density at radius 3 is 2.62 bits per heavy atom. The van der Waals surface area contributed by atoms with Crippen molar-refractivity contribution in [3.63, 3.8) is 0 Å². The topological polar surface area (TPSA) is 58.5 Å². The van der Waals surface area contributed by atoms with Gasteiger partial charge in [-0.3, -0.25) is 9.59 Å². The van der Waals surface area contributed by atoms with Gasteiger partial charge in [-0.25, -0.2) is 4.99 Å². The second-order valence-electron chi connectivity index (χ2n) is 5.95. The summed E-state index contributed by atoms with van der Waals surface area (Å²) in [5.74, 6) is -0.384. The molecule has 1 atom stereocenters. The van der Waals surface area contributed by atoms with E-state index in [9.17, 15) is 9.59 Å². The number of hydrogen-bond donors (Lipinski definition) is 1. The largest absolute Gasteiger partial charge is 0.356 e. The van der Waals surface area contributed by atoms with Crippen molar-refractivity contribution in [1.82, 2.24) is 5.32 Å². The van der Waals surface area contributed by atoms with Crippen LogP contribution >= 0.6 is 0 Å². The van der Waals surface area contributed by atoms with E-state index >= 15 is 0 Å². The van der Waals surface area contributed by atoms with Gasteiger partial charge in [0.05, 0.1) is 11.3 Å². The zero-order valence-electron chi connectivity index (χ0n) is 13.1. The minimum atomic E-state index is -0.243. The fourth-order valence-corrected chi connectivity index (χ4v) is 2.31. The molecule has 0 radical (unpaired) electrons. The van der Waals surface area contributed by atoms with Crippen LogP contribution in [0.1, 0.15) is 31.4 Å². The smallest absolute Gasteiger partial charge is 0.253 e. The second kappa shape index (κ2) is 6.20. The maximum absolute atomic E-state index is 12.1. The quantitative estimate of drug-likeness (QED) is 0.898. The molecule has 1 heterocycles. The molecule has 21 heavy (non-hydrogen) atoms. The highest BCUT2D eigenvalue weighted by Gasteiger charge is 2.18. The number of carbonyl (C=O) groups excluding carboxylic acids is 2. The van der Waals surface area contributed by atoms with Crippen LogP contribution in [-0.4, -0.2) is 18.4 Å². The van der Waals surface area contributed by atoms with Gasteiger partial charge in [-0.15, -0.1) is 0 Å². The molecule has 4 nitrogen and oxygen atoms in total. The van der Waals surface area contributed by atoms with Crippen molar-refractivity contribution in [2.75, 3.05) is 6.54 Å². The van der Waals surface area contributed by atoms with Gasteiger partial charge in [-0.2, -0.15) is 0 Å². The van der Waals surface area contributed by atoms with Gasteiger partial charge in [0.25, 0.3) is 5.91 Å². The third-order valence-electron chi connectivity index (χ3n) is 3.85. The van der Waals surface area contributed by atoms with Crippen LogP contribution in [0, 0.1) is 25.7 Å². The summed E-state index contributed by atoms with van der Waals surface area (Å²) in [6.45, 7) is 8.27. The maximum Gasteiger partial charge on any atom is 0.253 e. The molecule has 112 valence electrons. The summed E-state index contributed by atoms with van der Waals surface area (Å²) in [6.07, 6.45) is 2.56. The number of benzene rings is 1. The van der Waals surface area contributed by atoms with E-state index in [0.29, 0.717) is 13.0 Å². The molecule has 0 saturated heterocycles. The molecular weight excluding hydrogens is 264 g/mol. The molecule has 0 bridgehead atoms. The third kappa shape index (κ3) is 3.57. The molecular formula is C17H22N2O2. The lowest BCUT2D eigenvalue weighted by molar-refractivity contribution is -0.124. The molecule has 1 N–H and O–H groups in total. The summed E-state index contributed by atoms with van der Waals surface area (Å²) < 4.78 is 0. The van der Waals surface area contributed by atoms with E-state index in [1.807, 2.05) is 32.9 Å². The Balaban J connectivity index is 2.12. The van der Waals surface area contributed by atoms with Gasteiger partial charge < -0.3 is 5.32 Å². The number of nitrogens with zero attached hydrogens (tertiary/aromatic N) is 1. The molecule has 4 heteroatoms. The fraction of sp³-hybridized carbons (Fsp3) is 0.471. The minimum absolute atomic E-state index is 0.0158. The van der Waals surface area contributed by atoms with Crippen LogP contribution in [0.4, 0.5) is 0 Å². The highest BCUT2D eigenvalue weighted by atomic mass is 16.2. The molecule has 1 aromatic carbocycles. The first-order valence-electron chi connectivity index (χ1n) is 7.38. The van der Waals surface area contributed by atoms with Gasteiger partial charge in [-0.05, 0) is 48.7 Å². The van der Waals surface area contributed by atoms with Crippen molar-refractivity contribution in [3.8, 4) is 0 Å². The standard InChI is InChI=1S/C17H22N2O2/c1-10(2)16(20)18-6-5-13-9-14-7-11(3)12(4)8-15(14)19-17(13)21/h7-10,13H,5-6H2,1-4H3,(H,18,20). The lowest BCUT2D eigenvalue weighted by Crippen LogP contribution is -2.36. The summed E-state index contributed by atoms with van der Waals surface area (Å²) >= 11 is 0. The number of carbonyl (C=O) groups is 2. The molecule has 1 unspecified atom stereocenters.